The Morgan fingerprint density at radius 3 is 3.28 bits per heavy atom. The lowest BCUT2D eigenvalue weighted by atomic mass is 10.1. The normalized spacial score (nSPS) is 17.2. The summed E-state index contributed by atoms with van der Waals surface area (Å²) in [6.45, 7) is 6.00. The zero-order chi connectivity index (χ0) is 13.0. The largest absolute Gasteiger partial charge is 0.355 e. The van der Waals surface area contributed by atoms with Crippen molar-refractivity contribution >= 4 is 17.2 Å². The Balaban J connectivity index is 1.71. The lowest BCUT2D eigenvalue weighted by Gasteiger charge is -2.26. The first-order valence-corrected chi connectivity index (χ1v) is 7.34. The Kier molecular flexibility index (Phi) is 4.74. The molecule has 100 valence electrons. The Hall–Kier alpha value is -0.910. The van der Waals surface area contributed by atoms with Crippen molar-refractivity contribution in [3.8, 4) is 0 Å². The van der Waals surface area contributed by atoms with E-state index in [4.69, 9.17) is 5.73 Å². The van der Waals surface area contributed by atoms with Crippen LogP contribution in [0.2, 0.25) is 0 Å². The standard InChI is InChI=1S/C13H21N3OS/c1-10(8-14)13(17)15-4-6-16-5-2-12-11(9-16)3-7-18-12/h3,7,10H,2,4-6,8-9,14H2,1H3,(H,15,17). The molecular formula is C13H21N3OS. The van der Waals surface area contributed by atoms with Gasteiger partial charge in [-0.3, -0.25) is 9.69 Å². The predicted molar refractivity (Wildman–Crippen MR) is 74.5 cm³/mol. The third-order valence-electron chi connectivity index (χ3n) is 3.42. The molecule has 1 aliphatic heterocycles. The third kappa shape index (κ3) is 3.31. The molecule has 1 unspecified atom stereocenters. The number of nitrogens with two attached hydrogens (primary N) is 1. The fourth-order valence-corrected chi connectivity index (χ4v) is 3.01. The summed E-state index contributed by atoms with van der Waals surface area (Å²) in [6.07, 6.45) is 1.14. The van der Waals surface area contributed by atoms with Gasteiger partial charge < -0.3 is 11.1 Å². The molecule has 0 saturated heterocycles. The monoisotopic (exact) mass is 267 g/mol. The molecule has 1 amide bonds. The third-order valence-corrected chi connectivity index (χ3v) is 4.44. The number of carbonyl (C=O) groups is 1. The fourth-order valence-electron chi connectivity index (χ4n) is 2.12. The summed E-state index contributed by atoms with van der Waals surface area (Å²) in [7, 11) is 0. The maximum atomic E-state index is 11.6. The van der Waals surface area contributed by atoms with Gasteiger partial charge in [0.05, 0.1) is 0 Å². The van der Waals surface area contributed by atoms with Crippen LogP contribution >= 0.6 is 11.3 Å². The summed E-state index contributed by atoms with van der Waals surface area (Å²) >= 11 is 1.85. The first-order valence-electron chi connectivity index (χ1n) is 6.46. The van der Waals surface area contributed by atoms with Crippen LogP contribution in [0.25, 0.3) is 0 Å². The van der Waals surface area contributed by atoms with E-state index in [0.29, 0.717) is 13.1 Å². The summed E-state index contributed by atoms with van der Waals surface area (Å²) in [5, 5.41) is 5.11. The highest BCUT2D eigenvalue weighted by atomic mass is 32.1. The van der Waals surface area contributed by atoms with Gasteiger partial charge in [-0.1, -0.05) is 6.92 Å². The molecule has 2 heterocycles. The van der Waals surface area contributed by atoms with Crippen LogP contribution < -0.4 is 11.1 Å². The summed E-state index contributed by atoms with van der Waals surface area (Å²) in [5.41, 5.74) is 6.91. The SMILES string of the molecule is CC(CN)C(=O)NCCN1CCc2sccc2C1. The predicted octanol–water partition coefficient (Wildman–Crippen LogP) is 0.817. The number of nitrogens with zero attached hydrogens (tertiary/aromatic N) is 1. The van der Waals surface area contributed by atoms with Crippen molar-refractivity contribution in [1.82, 2.24) is 10.2 Å². The molecule has 5 heteroatoms. The molecule has 0 bridgehead atoms. The number of thiophene rings is 1. The fraction of sp³-hybridized carbons (Fsp3) is 0.615. The highest BCUT2D eigenvalue weighted by Gasteiger charge is 2.17. The van der Waals surface area contributed by atoms with Crippen LogP contribution in [0.5, 0.6) is 0 Å². The Morgan fingerprint density at radius 1 is 1.67 bits per heavy atom. The first-order chi connectivity index (χ1) is 8.70. The van der Waals surface area contributed by atoms with Gasteiger partial charge >= 0.3 is 0 Å². The van der Waals surface area contributed by atoms with Crippen molar-refractivity contribution in [2.45, 2.75) is 19.9 Å². The van der Waals surface area contributed by atoms with Gasteiger partial charge in [0, 0.05) is 43.5 Å². The zero-order valence-corrected chi connectivity index (χ0v) is 11.6. The van der Waals surface area contributed by atoms with E-state index in [-0.39, 0.29) is 11.8 Å². The maximum Gasteiger partial charge on any atom is 0.224 e. The molecule has 0 aromatic carbocycles. The molecule has 1 aliphatic rings. The summed E-state index contributed by atoms with van der Waals surface area (Å²) in [4.78, 5) is 15.5. The smallest absolute Gasteiger partial charge is 0.224 e. The number of nitrogens with one attached hydrogen (secondary N) is 1. The van der Waals surface area contributed by atoms with E-state index in [9.17, 15) is 4.79 Å². The minimum Gasteiger partial charge on any atom is -0.355 e. The molecule has 18 heavy (non-hydrogen) atoms. The molecule has 4 nitrogen and oxygen atoms in total. The van der Waals surface area contributed by atoms with Crippen molar-refractivity contribution < 1.29 is 4.79 Å². The van der Waals surface area contributed by atoms with Crippen molar-refractivity contribution in [3.63, 3.8) is 0 Å². The van der Waals surface area contributed by atoms with Crippen LogP contribution in [0.4, 0.5) is 0 Å². The number of amides is 1. The average Bonchev–Trinajstić information content (AvgIpc) is 2.85. The second kappa shape index (κ2) is 6.31. The van der Waals surface area contributed by atoms with Crippen LogP contribution in [0.15, 0.2) is 11.4 Å². The van der Waals surface area contributed by atoms with Crippen LogP contribution in [0.1, 0.15) is 17.4 Å². The molecule has 1 aromatic heterocycles. The van der Waals surface area contributed by atoms with Crippen LogP contribution in [-0.2, 0) is 17.8 Å². The maximum absolute atomic E-state index is 11.6. The van der Waals surface area contributed by atoms with E-state index in [1.807, 2.05) is 18.3 Å². The summed E-state index contributed by atoms with van der Waals surface area (Å²) < 4.78 is 0. The van der Waals surface area contributed by atoms with Gasteiger partial charge in [0.1, 0.15) is 0 Å². The van der Waals surface area contributed by atoms with E-state index in [1.165, 1.54) is 10.4 Å². The Labute approximate surface area is 112 Å². The van der Waals surface area contributed by atoms with Gasteiger partial charge in [0.15, 0.2) is 0 Å². The van der Waals surface area contributed by atoms with E-state index in [2.05, 4.69) is 21.7 Å². The lowest BCUT2D eigenvalue weighted by Crippen LogP contribution is -2.40. The number of carbonyl (C=O) groups excluding carboxylic acids is 1. The van der Waals surface area contributed by atoms with Crippen molar-refractivity contribution in [3.05, 3.63) is 21.9 Å². The Morgan fingerprint density at radius 2 is 2.50 bits per heavy atom. The number of hydrogen-bond acceptors (Lipinski definition) is 4. The lowest BCUT2D eigenvalue weighted by molar-refractivity contribution is -0.124. The molecule has 0 saturated carbocycles. The molecule has 2 rings (SSSR count). The summed E-state index contributed by atoms with van der Waals surface area (Å²) in [6, 6.07) is 2.21. The van der Waals surface area contributed by atoms with Crippen molar-refractivity contribution in [1.29, 1.82) is 0 Å². The summed E-state index contributed by atoms with van der Waals surface area (Å²) in [5.74, 6) is -0.0273. The molecule has 0 fully saturated rings. The molecule has 1 aromatic rings. The quantitative estimate of drug-likeness (QED) is 0.830. The van der Waals surface area contributed by atoms with Gasteiger partial charge in [0.25, 0.3) is 0 Å². The second-order valence-corrected chi connectivity index (χ2v) is 5.82. The highest BCUT2D eigenvalue weighted by Crippen LogP contribution is 2.23. The van der Waals surface area contributed by atoms with Gasteiger partial charge in [-0.05, 0) is 23.4 Å². The van der Waals surface area contributed by atoms with Gasteiger partial charge in [-0.15, -0.1) is 11.3 Å². The van der Waals surface area contributed by atoms with Gasteiger partial charge in [-0.2, -0.15) is 0 Å². The molecule has 0 aliphatic carbocycles. The van der Waals surface area contributed by atoms with E-state index >= 15 is 0 Å². The molecular weight excluding hydrogens is 246 g/mol. The molecule has 1 atom stereocenters. The van der Waals surface area contributed by atoms with E-state index < -0.39 is 0 Å². The second-order valence-electron chi connectivity index (χ2n) is 4.82. The molecule has 0 spiro atoms. The van der Waals surface area contributed by atoms with Crippen molar-refractivity contribution in [2.24, 2.45) is 11.7 Å². The zero-order valence-electron chi connectivity index (χ0n) is 10.8. The van der Waals surface area contributed by atoms with Gasteiger partial charge in [-0.25, -0.2) is 0 Å². The van der Waals surface area contributed by atoms with E-state index in [0.717, 1.165) is 26.1 Å². The van der Waals surface area contributed by atoms with Crippen LogP contribution in [-0.4, -0.2) is 37.0 Å². The Bertz CT molecular complexity index is 405. The number of fused-ring (bicyclic) bond motifs is 1. The van der Waals surface area contributed by atoms with E-state index in [1.54, 1.807) is 0 Å². The average molecular weight is 267 g/mol. The first kappa shape index (κ1) is 13.5. The van der Waals surface area contributed by atoms with Gasteiger partial charge in [0.2, 0.25) is 5.91 Å². The number of hydrogen-bond donors (Lipinski definition) is 2. The minimum absolute atomic E-state index is 0.0609. The highest BCUT2D eigenvalue weighted by molar-refractivity contribution is 7.10. The minimum atomic E-state index is -0.0881. The molecule has 0 radical (unpaired) electrons. The van der Waals surface area contributed by atoms with Crippen molar-refractivity contribution in [2.75, 3.05) is 26.2 Å². The molecule has 3 N–H and O–H groups in total. The number of rotatable bonds is 5. The van der Waals surface area contributed by atoms with Crippen LogP contribution in [0.3, 0.4) is 0 Å². The van der Waals surface area contributed by atoms with Crippen LogP contribution in [0, 0.1) is 5.92 Å². The topological polar surface area (TPSA) is 58.4 Å².